The highest BCUT2D eigenvalue weighted by molar-refractivity contribution is 7.07. The van der Waals surface area contributed by atoms with E-state index in [1.807, 2.05) is 4.90 Å². The molecule has 2 saturated heterocycles. The molecule has 5 nitrogen and oxygen atoms in total. The van der Waals surface area contributed by atoms with Crippen molar-refractivity contribution in [3.05, 3.63) is 70.4 Å². The number of nitrogens with one attached hydrogen (secondary N) is 1. The third kappa shape index (κ3) is 5.12. The zero-order chi connectivity index (χ0) is 22.7. The summed E-state index contributed by atoms with van der Waals surface area (Å²) in [5, 5.41) is 10.0. The van der Waals surface area contributed by atoms with Crippen LogP contribution in [0.2, 0.25) is 0 Å². The third-order valence-electron chi connectivity index (χ3n) is 7.17. The molecular formula is C27H31N3O2S. The van der Waals surface area contributed by atoms with Crippen LogP contribution in [0.1, 0.15) is 36.8 Å². The Morgan fingerprint density at radius 2 is 1.85 bits per heavy atom. The molecule has 2 amide bonds. The number of carbonyl (C=O) groups is 2. The maximum absolute atomic E-state index is 13.1. The third-order valence-corrected chi connectivity index (χ3v) is 7.90. The molecule has 0 radical (unpaired) electrons. The second-order valence-electron chi connectivity index (χ2n) is 9.43. The van der Waals surface area contributed by atoms with E-state index in [1.165, 1.54) is 21.9 Å². The predicted octanol–water partition coefficient (Wildman–Crippen LogP) is 4.22. The number of fused-ring (bicyclic) bond motifs is 1. The Balaban J connectivity index is 1.21. The number of carbonyl (C=O) groups excluding carboxylic acids is 2. The maximum Gasteiger partial charge on any atom is 0.222 e. The number of rotatable bonds is 7. The van der Waals surface area contributed by atoms with Crippen molar-refractivity contribution in [3.8, 4) is 0 Å². The highest BCUT2D eigenvalue weighted by Crippen LogP contribution is 2.32. The fraction of sp³-hybridized carbons (Fsp3) is 0.407. The molecule has 3 heterocycles. The van der Waals surface area contributed by atoms with E-state index < -0.39 is 0 Å². The molecule has 33 heavy (non-hydrogen) atoms. The van der Waals surface area contributed by atoms with Gasteiger partial charge in [-0.25, -0.2) is 0 Å². The fourth-order valence-electron chi connectivity index (χ4n) is 5.29. The van der Waals surface area contributed by atoms with Gasteiger partial charge < -0.3 is 10.2 Å². The van der Waals surface area contributed by atoms with E-state index >= 15 is 0 Å². The van der Waals surface area contributed by atoms with Gasteiger partial charge in [0.2, 0.25) is 11.8 Å². The van der Waals surface area contributed by atoms with E-state index in [0.29, 0.717) is 19.3 Å². The Kier molecular flexibility index (Phi) is 6.47. The topological polar surface area (TPSA) is 52.7 Å². The summed E-state index contributed by atoms with van der Waals surface area (Å²) in [6.45, 7) is 4.36. The summed E-state index contributed by atoms with van der Waals surface area (Å²) in [6.07, 6.45) is 3.27. The highest BCUT2D eigenvalue weighted by Gasteiger charge is 2.38. The van der Waals surface area contributed by atoms with Crippen LogP contribution in [-0.4, -0.2) is 53.3 Å². The van der Waals surface area contributed by atoms with E-state index in [4.69, 9.17) is 0 Å². The van der Waals surface area contributed by atoms with E-state index in [0.717, 1.165) is 45.6 Å². The van der Waals surface area contributed by atoms with Gasteiger partial charge in [-0.1, -0.05) is 42.5 Å². The molecule has 0 aliphatic carbocycles. The SMILES string of the molecule is O=C1CCC(CCC(=O)N2CCN(Cc3ccsc3)CC2)(Cc2cccc3ccccc23)N1. The van der Waals surface area contributed by atoms with Crippen molar-refractivity contribution >= 4 is 33.9 Å². The molecule has 0 saturated carbocycles. The number of nitrogens with zero attached hydrogens (tertiary/aromatic N) is 2. The Hall–Kier alpha value is -2.70. The van der Waals surface area contributed by atoms with E-state index in [2.05, 4.69) is 69.5 Å². The largest absolute Gasteiger partial charge is 0.350 e. The predicted molar refractivity (Wildman–Crippen MR) is 133 cm³/mol. The van der Waals surface area contributed by atoms with Crippen molar-refractivity contribution in [1.29, 1.82) is 0 Å². The molecule has 2 fully saturated rings. The minimum Gasteiger partial charge on any atom is -0.350 e. The van der Waals surface area contributed by atoms with Gasteiger partial charge in [0, 0.05) is 51.1 Å². The molecule has 1 aromatic heterocycles. The molecule has 6 heteroatoms. The average Bonchev–Trinajstić information content (AvgIpc) is 3.48. The van der Waals surface area contributed by atoms with Gasteiger partial charge in [0.25, 0.3) is 0 Å². The lowest BCUT2D eigenvalue weighted by molar-refractivity contribution is -0.133. The smallest absolute Gasteiger partial charge is 0.222 e. The van der Waals surface area contributed by atoms with Crippen LogP contribution in [0.15, 0.2) is 59.3 Å². The molecule has 2 aromatic carbocycles. The first-order chi connectivity index (χ1) is 16.1. The standard InChI is InChI=1S/C27H31N3O2S/c31-25-8-11-27(28-25,18-23-6-3-5-22-4-1-2-7-24(22)23)12-9-26(32)30-15-13-29(14-16-30)19-21-10-17-33-20-21/h1-7,10,17,20H,8-9,11-16,18-19H2,(H,28,31). The van der Waals surface area contributed by atoms with Crippen molar-refractivity contribution in [2.45, 2.75) is 44.2 Å². The van der Waals surface area contributed by atoms with Gasteiger partial charge in [0.05, 0.1) is 0 Å². The summed E-state index contributed by atoms with van der Waals surface area (Å²) in [4.78, 5) is 29.7. The van der Waals surface area contributed by atoms with Crippen molar-refractivity contribution in [2.75, 3.05) is 26.2 Å². The number of piperazine rings is 1. The van der Waals surface area contributed by atoms with E-state index in [9.17, 15) is 9.59 Å². The van der Waals surface area contributed by atoms with Crippen LogP contribution in [0.25, 0.3) is 10.8 Å². The lowest BCUT2D eigenvalue weighted by Crippen LogP contribution is -2.49. The normalized spacial score (nSPS) is 21.5. The quantitative estimate of drug-likeness (QED) is 0.573. The van der Waals surface area contributed by atoms with Crippen molar-refractivity contribution in [1.82, 2.24) is 15.1 Å². The molecule has 2 aliphatic heterocycles. The highest BCUT2D eigenvalue weighted by atomic mass is 32.1. The second kappa shape index (κ2) is 9.65. The molecule has 5 rings (SSSR count). The monoisotopic (exact) mass is 461 g/mol. The molecule has 3 aromatic rings. The molecule has 172 valence electrons. The van der Waals surface area contributed by atoms with Crippen LogP contribution < -0.4 is 5.32 Å². The van der Waals surface area contributed by atoms with Crippen LogP contribution in [0.4, 0.5) is 0 Å². The first kappa shape index (κ1) is 22.1. The summed E-state index contributed by atoms with van der Waals surface area (Å²) < 4.78 is 0. The summed E-state index contributed by atoms with van der Waals surface area (Å²) in [6, 6.07) is 16.9. The maximum atomic E-state index is 13.1. The molecular weight excluding hydrogens is 430 g/mol. The van der Waals surface area contributed by atoms with Gasteiger partial charge in [-0.2, -0.15) is 11.3 Å². The van der Waals surface area contributed by atoms with Crippen molar-refractivity contribution < 1.29 is 9.59 Å². The van der Waals surface area contributed by atoms with Gasteiger partial charge in [-0.3, -0.25) is 14.5 Å². The van der Waals surface area contributed by atoms with Crippen LogP contribution >= 0.6 is 11.3 Å². The number of hydrogen-bond donors (Lipinski definition) is 1. The van der Waals surface area contributed by atoms with E-state index in [-0.39, 0.29) is 17.4 Å². The van der Waals surface area contributed by atoms with Gasteiger partial charge in [-0.15, -0.1) is 0 Å². The first-order valence-corrected chi connectivity index (χ1v) is 12.8. The summed E-state index contributed by atoms with van der Waals surface area (Å²) in [7, 11) is 0. The van der Waals surface area contributed by atoms with E-state index in [1.54, 1.807) is 11.3 Å². The van der Waals surface area contributed by atoms with Crippen LogP contribution in [0.5, 0.6) is 0 Å². The van der Waals surface area contributed by atoms with Crippen LogP contribution in [0, 0.1) is 0 Å². The molecule has 1 atom stereocenters. The molecule has 0 bridgehead atoms. The van der Waals surface area contributed by atoms with Gasteiger partial charge >= 0.3 is 0 Å². The summed E-state index contributed by atoms with van der Waals surface area (Å²) >= 11 is 1.73. The lowest BCUT2D eigenvalue weighted by Gasteiger charge is -2.36. The van der Waals surface area contributed by atoms with Crippen molar-refractivity contribution in [2.24, 2.45) is 0 Å². The Bertz CT molecular complexity index is 1120. The van der Waals surface area contributed by atoms with Gasteiger partial charge in [0.15, 0.2) is 0 Å². The molecule has 2 aliphatic rings. The Morgan fingerprint density at radius 1 is 1.03 bits per heavy atom. The second-order valence-corrected chi connectivity index (χ2v) is 10.2. The number of benzene rings is 2. The number of hydrogen-bond acceptors (Lipinski definition) is 4. The van der Waals surface area contributed by atoms with Crippen LogP contribution in [0.3, 0.4) is 0 Å². The van der Waals surface area contributed by atoms with Gasteiger partial charge in [0.1, 0.15) is 0 Å². The number of amides is 2. The molecule has 0 spiro atoms. The minimum absolute atomic E-state index is 0.102. The number of thiophene rings is 1. The first-order valence-electron chi connectivity index (χ1n) is 11.9. The van der Waals surface area contributed by atoms with Crippen LogP contribution in [-0.2, 0) is 22.6 Å². The Morgan fingerprint density at radius 3 is 2.61 bits per heavy atom. The minimum atomic E-state index is -0.336. The zero-order valence-corrected chi connectivity index (χ0v) is 19.8. The molecule has 1 unspecified atom stereocenters. The lowest BCUT2D eigenvalue weighted by atomic mass is 9.83. The fourth-order valence-corrected chi connectivity index (χ4v) is 5.95. The molecule has 1 N–H and O–H groups in total. The Labute approximate surface area is 199 Å². The van der Waals surface area contributed by atoms with Crippen molar-refractivity contribution in [3.63, 3.8) is 0 Å². The summed E-state index contributed by atoms with van der Waals surface area (Å²) in [5.41, 5.74) is 2.26. The average molecular weight is 462 g/mol. The summed E-state index contributed by atoms with van der Waals surface area (Å²) in [5.74, 6) is 0.313. The van der Waals surface area contributed by atoms with Gasteiger partial charge in [-0.05, 0) is 58.0 Å². The zero-order valence-electron chi connectivity index (χ0n) is 19.0.